The monoisotopic (exact) mass is 488 g/mol. The van der Waals surface area contributed by atoms with Crippen molar-refractivity contribution in [1.29, 1.82) is 0 Å². The maximum Gasteiger partial charge on any atom is 0.183 e. The van der Waals surface area contributed by atoms with Gasteiger partial charge in [-0.1, -0.05) is 154 Å². The van der Waals surface area contributed by atoms with E-state index >= 15 is 0 Å². The van der Waals surface area contributed by atoms with Gasteiger partial charge in [0.1, 0.15) is 0 Å². The van der Waals surface area contributed by atoms with Gasteiger partial charge in [0.25, 0.3) is 0 Å². The van der Waals surface area contributed by atoms with Crippen LogP contribution in [0.5, 0.6) is 0 Å². The molecule has 0 aliphatic heterocycles. The standard InChI is InChI=1S/C34H36OSi/c1-2-3-4-5-18-27-34(33(35)28-29-19-10-6-11-20-29)36(30-21-12-7-13-22-30,31-23-14-8-15-24-31)32-25-16-9-17-26-32/h6-17,19-27H,2-5,18,28H2,1H3/b34-27+. The summed E-state index contributed by atoms with van der Waals surface area (Å²) in [6.07, 6.45) is 8.41. The maximum atomic E-state index is 14.4. The SMILES string of the molecule is CCCCCC/C=C(\C(=O)Cc1ccccc1)[Si](c1ccccc1)(c1ccccc1)c1ccccc1. The van der Waals surface area contributed by atoms with Gasteiger partial charge in [-0.15, -0.1) is 0 Å². The third kappa shape index (κ3) is 5.83. The summed E-state index contributed by atoms with van der Waals surface area (Å²) in [5.74, 6) is 0.236. The smallest absolute Gasteiger partial charge is 0.183 e. The average Bonchev–Trinajstić information content (AvgIpc) is 2.94. The van der Waals surface area contributed by atoms with E-state index in [1.165, 1.54) is 34.8 Å². The van der Waals surface area contributed by atoms with Gasteiger partial charge in [-0.05, 0) is 39.2 Å². The normalized spacial score (nSPS) is 11.9. The summed E-state index contributed by atoms with van der Waals surface area (Å²) in [7, 11) is -2.83. The summed E-state index contributed by atoms with van der Waals surface area (Å²) in [5.41, 5.74) is 1.07. The Labute approximate surface area is 217 Å². The van der Waals surface area contributed by atoms with Crippen LogP contribution in [0.3, 0.4) is 0 Å². The van der Waals surface area contributed by atoms with Gasteiger partial charge in [0.2, 0.25) is 0 Å². The van der Waals surface area contributed by atoms with Gasteiger partial charge in [-0.2, -0.15) is 0 Å². The first-order valence-corrected chi connectivity index (χ1v) is 15.2. The minimum absolute atomic E-state index is 0.236. The number of unbranched alkanes of at least 4 members (excludes halogenated alkanes) is 4. The van der Waals surface area contributed by atoms with Crippen LogP contribution in [0.1, 0.15) is 44.6 Å². The van der Waals surface area contributed by atoms with E-state index in [4.69, 9.17) is 0 Å². The highest BCUT2D eigenvalue weighted by atomic mass is 28.3. The molecule has 0 aliphatic rings. The predicted molar refractivity (Wildman–Crippen MR) is 156 cm³/mol. The first kappa shape index (κ1) is 25.6. The number of hydrogen-bond acceptors (Lipinski definition) is 1. The quantitative estimate of drug-likeness (QED) is 0.0975. The van der Waals surface area contributed by atoms with Gasteiger partial charge < -0.3 is 0 Å². The second-order valence-electron chi connectivity index (χ2n) is 9.40. The predicted octanol–water partition coefficient (Wildman–Crippen LogP) is 6.40. The van der Waals surface area contributed by atoms with Crippen LogP contribution in [-0.2, 0) is 11.2 Å². The van der Waals surface area contributed by atoms with Crippen LogP contribution in [-0.4, -0.2) is 13.9 Å². The summed E-state index contributed by atoms with van der Waals surface area (Å²) >= 11 is 0. The molecular formula is C34H36OSi. The topological polar surface area (TPSA) is 17.1 Å². The summed E-state index contributed by atoms with van der Waals surface area (Å²) in [5, 5.41) is 4.77. The molecule has 0 unspecified atom stereocenters. The molecule has 182 valence electrons. The highest BCUT2D eigenvalue weighted by Gasteiger charge is 2.45. The molecule has 0 spiro atoms. The number of rotatable bonds is 12. The highest BCUT2D eigenvalue weighted by Crippen LogP contribution is 2.22. The van der Waals surface area contributed by atoms with Crippen molar-refractivity contribution in [1.82, 2.24) is 0 Å². The fourth-order valence-electron chi connectivity index (χ4n) is 5.20. The van der Waals surface area contributed by atoms with Crippen molar-refractivity contribution in [3.8, 4) is 0 Å². The summed E-state index contributed by atoms with van der Waals surface area (Å²) in [6, 6.07) is 42.4. The van der Waals surface area contributed by atoms with Crippen molar-refractivity contribution in [3.05, 3.63) is 138 Å². The zero-order valence-electron chi connectivity index (χ0n) is 21.3. The molecule has 0 N–H and O–H groups in total. The Morgan fingerprint density at radius 3 is 1.50 bits per heavy atom. The second kappa shape index (κ2) is 13.0. The largest absolute Gasteiger partial charge is 0.295 e. The van der Waals surface area contributed by atoms with Crippen molar-refractivity contribution < 1.29 is 4.79 Å². The molecule has 36 heavy (non-hydrogen) atoms. The molecule has 0 aromatic heterocycles. The molecule has 0 aliphatic carbocycles. The Kier molecular flexibility index (Phi) is 9.24. The van der Waals surface area contributed by atoms with Crippen molar-refractivity contribution in [3.63, 3.8) is 0 Å². The first-order chi connectivity index (χ1) is 17.8. The average molecular weight is 489 g/mol. The molecule has 4 aromatic rings. The van der Waals surface area contributed by atoms with Gasteiger partial charge in [-0.3, -0.25) is 4.79 Å². The lowest BCUT2D eigenvalue weighted by atomic mass is 10.1. The number of benzene rings is 4. The number of Topliss-reactive ketones (excluding diaryl/α,β-unsaturated/α-hetero) is 1. The maximum absolute atomic E-state index is 14.4. The van der Waals surface area contributed by atoms with E-state index in [1.54, 1.807) is 0 Å². The van der Waals surface area contributed by atoms with E-state index in [2.05, 4.69) is 116 Å². The Morgan fingerprint density at radius 2 is 1.06 bits per heavy atom. The fraction of sp³-hybridized carbons (Fsp3) is 0.206. The van der Waals surface area contributed by atoms with Crippen LogP contribution in [0.15, 0.2) is 133 Å². The molecule has 0 heterocycles. The molecule has 2 heteroatoms. The van der Waals surface area contributed by atoms with Gasteiger partial charge in [0.05, 0.1) is 0 Å². The number of hydrogen-bond donors (Lipinski definition) is 0. The highest BCUT2D eigenvalue weighted by molar-refractivity contribution is 7.18. The Morgan fingerprint density at radius 1 is 0.611 bits per heavy atom. The van der Waals surface area contributed by atoms with Crippen LogP contribution in [0, 0.1) is 0 Å². The third-order valence-corrected chi connectivity index (χ3v) is 11.8. The van der Waals surface area contributed by atoms with E-state index in [0.717, 1.165) is 23.6 Å². The molecule has 0 radical (unpaired) electrons. The summed E-state index contributed by atoms with van der Waals surface area (Å²) in [6.45, 7) is 2.24. The second-order valence-corrected chi connectivity index (χ2v) is 13.2. The van der Waals surface area contributed by atoms with E-state index < -0.39 is 8.07 Å². The van der Waals surface area contributed by atoms with Crippen molar-refractivity contribution in [2.24, 2.45) is 0 Å². The summed E-state index contributed by atoms with van der Waals surface area (Å²) in [4.78, 5) is 14.4. The fourth-order valence-corrected chi connectivity index (χ4v) is 10.2. The number of carbonyl (C=O) groups is 1. The lowest BCUT2D eigenvalue weighted by molar-refractivity contribution is -0.114. The van der Waals surface area contributed by atoms with Crippen molar-refractivity contribution >= 4 is 29.4 Å². The molecule has 0 saturated carbocycles. The van der Waals surface area contributed by atoms with Crippen LogP contribution < -0.4 is 15.6 Å². The molecule has 0 fully saturated rings. The van der Waals surface area contributed by atoms with Gasteiger partial charge >= 0.3 is 0 Å². The van der Waals surface area contributed by atoms with Crippen LogP contribution in [0.25, 0.3) is 0 Å². The van der Waals surface area contributed by atoms with Gasteiger partial charge in [-0.25, -0.2) is 0 Å². The number of carbonyl (C=O) groups excluding carboxylic acids is 1. The Bertz CT molecular complexity index is 1130. The zero-order valence-corrected chi connectivity index (χ0v) is 22.3. The van der Waals surface area contributed by atoms with E-state index in [1.807, 2.05) is 18.2 Å². The van der Waals surface area contributed by atoms with Crippen LogP contribution >= 0.6 is 0 Å². The van der Waals surface area contributed by atoms with Crippen LogP contribution in [0.2, 0.25) is 0 Å². The minimum atomic E-state index is -2.83. The molecular weight excluding hydrogens is 452 g/mol. The first-order valence-electron chi connectivity index (χ1n) is 13.2. The molecule has 0 bridgehead atoms. The molecule has 4 aromatic carbocycles. The Hall–Kier alpha value is -3.49. The lowest BCUT2D eigenvalue weighted by Crippen LogP contribution is -2.70. The van der Waals surface area contributed by atoms with E-state index in [-0.39, 0.29) is 5.78 Å². The molecule has 4 rings (SSSR count). The van der Waals surface area contributed by atoms with Gasteiger partial charge in [0, 0.05) is 6.42 Å². The van der Waals surface area contributed by atoms with Crippen molar-refractivity contribution in [2.75, 3.05) is 0 Å². The molecule has 0 atom stereocenters. The third-order valence-electron chi connectivity index (χ3n) is 6.94. The van der Waals surface area contributed by atoms with Gasteiger partial charge in [0.15, 0.2) is 13.9 Å². The van der Waals surface area contributed by atoms with E-state index in [0.29, 0.717) is 6.42 Å². The Balaban J connectivity index is 1.94. The molecule has 0 amide bonds. The molecule has 1 nitrogen and oxygen atoms in total. The van der Waals surface area contributed by atoms with Crippen LogP contribution in [0.4, 0.5) is 0 Å². The van der Waals surface area contributed by atoms with E-state index in [9.17, 15) is 4.79 Å². The minimum Gasteiger partial charge on any atom is -0.295 e. The summed E-state index contributed by atoms with van der Waals surface area (Å²) < 4.78 is 0. The van der Waals surface area contributed by atoms with Crippen molar-refractivity contribution in [2.45, 2.75) is 45.4 Å². The lowest BCUT2D eigenvalue weighted by Gasteiger charge is -2.36. The number of allylic oxidation sites excluding steroid dienone is 2. The molecule has 0 saturated heterocycles. The number of ketones is 1. The zero-order chi connectivity index (χ0) is 25.1.